The van der Waals surface area contributed by atoms with Crippen LogP contribution < -0.4 is 0 Å². The monoisotopic (exact) mass is 479 g/mol. The quantitative estimate of drug-likeness (QED) is 0.522. The van der Waals surface area contributed by atoms with Crippen LogP contribution in [0.3, 0.4) is 0 Å². The fourth-order valence-electron chi connectivity index (χ4n) is 3.66. The second kappa shape index (κ2) is 8.64. The Morgan fingerprint density at radius 1 is 1.09 bits per heavy atom. The predicted octanol–water partition coefficient (Wildman–Crippen LogP) is 3.63. The summed E-state index contributed by atoms with van der Waals surface area (Å²) < 4.78 is 73.6. The van der Waals surface area contributed by atoms with Crippen LogP contribution in [0, 0.1) is 0 Å². The number of fused-ring (bicyclic) bond motifs is 1. The molecular weight excluding hydrogens is 459 g/mol. The van der Waals surface area contributed by atoms with Crippen LogP contribution in [-0.2, 0) is 34.8 Å². The number of aryl methyl sites for hydroxylation is 1. The molecule has 0 spiro atoms. The molecule has 0 radical (unpaired) electrons. The van der Waals surface area contributed by atoms with Gasteiger partial charge in [0.05, 0.1) is 10.5 Å². The van der Waals surface area contributed by atoms with Crippen LogP contribution in [0.5, 0.6) is 0 Å². The summed E-state index contributed by atoms with van der Waals surface area (Å²) in [6.45, 7) is 0.527. The topological polar surface area (TPSA) is 81.5 Å². The third-order valence-corrected chi connectivity index (χ3v) is 7.30. The van der Waals surface area contributed by atoms with Crippen molar-refractivity contribution in [1.82, 2.24) is 13.9 Å². The van der Waals surface area contributed by atoms with Crippen molar-refractivity contribution in [2.24, 2.45) is 7.05 Å². The minimum Gasteiger partial charge on any atom is -0.441 e. The lowest BCUT2D eigenvalue weighted by Crippen LogP contribution is -2.35. The lowest BCUT2D eigenvalue weighted by Gasteiger charge is -2.28. The zero-order valence-electron chi connectivity index (χ0n) is 17.5. The van der Waals surface area contributed by atoms with Crippen molar-refractivity contribution in [2.75, 3.05) is 6.54 Å². The number of hydrogen-bond donors (Lipinski definition) is 0. The smallest absolute Gasteiger partial charge is 0.432 e. The van der Waals surface area contributed by atoms with E-state index in [0.717, 1.165) is 27.8 Å². The summed E-state index contributed by atoms with van der Waals surface area (Å²) in [5.41, 5.74) is 1.80. The second-order valence-electron chi connectivity index (χ2n) is 7.60. The fourth-order valence-corrected chi connectivity index (χ4v) is 5.08. The van der Waals surface area contributed by atoms with Gasteiger partial charge in [-0.1, -0.05) is 24.3 Å². The number of esters is 1. The molecule has 2 heterocycles. The number of alkyl halides is 3. The van der Waals surface area contributed by atoms with E-state index in [2.05, 4.69) is 4.98 Å². The Kier molecular flexibility index (Phi) is 6.02. The van der Waals surface area contributed by atoms with Crippen LogP contribution >= 0.6 is 0 Å². The van der Waals surface area contributed by atoms with Crippen molar-refractivity contribution in [3.8, 4) is 0 Å². The number of ether oxygens (including phenoxy) is 1. The van der Waals surface area contributed by atoms with Gasteiger partial charge in [0.1, 0.15) is 0 Å². The normalized spacial score (nSPS) is 15.6. The van der Waals surface area contributed by atoms with Crippen LogP contribution in [0.4, 0.5) is 13.2 Å². The molecule has 33 heavy (non-hydrogen) atoms. The van der Waals surface area contributed by atoms with E-state index in [4.69, 9.17) is 4.74 Å². The molecule has 0 saturated carbocycles. The number of imidazole rings is 1. The summed E-state index contributed by atoms with van der Waals surface area (Å²) in [5, 5.41) is 0. The number of sulfonamides is 1. The van der Waals surface area contributed by atoms with E-state index in [-0.39, 0.29) is 17.0 Å². The van der Waals surface area contributed by atoms with Crippen LogP contribution in [0.2, 0.25) is 0 Å². The summed E-state index contributed by atoms with van der Waals surface area (Å²) in [6.07, 6.45) is -4.38. The molecule has 0 aliphatic carbocycles. The van der Waals surface area contributed by atoms with Gasteiger partial charge in [0.15, 0.2) is 5.82 Å². The zero-order chi connectivity index (χ0) is 23.8. The second-order valence-corrected chi connectivity index (χ2v) is 9.54. The number of nitrogens with zero attached hydrogens (tertiary/aromatic N) is 3. The van der Waals surface area contributed by atoms with Crippen molar-refractivity contribution in [1.29, 1.82) is 0 Å². The molecule has 0 bridgehead atoms. The molecule has 0 saturated heterocycles. The van der Waals surface area contributed by atoms with Gasteiger partial charge in [-0.2, -0.15) is 17.5 Å². The van der Waals surface area contributed by atoms with Gasteiger partial charge in [-0.25, -0.2) is 18.2 Å². The minimum atomic E-state index is -4.87. The maximum absolute atomic E-state index is 13.5. The van der Waals surface area contributed by atoms with Gasteiger partial charge in [-0.15, -0.1) is 0 Å². The van der Waals surface area contributed by atoms with Crippen molar-refractivity contribution < 1.29 is 31.1 Å². The van der Waals surface area contributed by atoms with Gasteiger partial charge < -0.3 is 9.30 Å². The van der Waals surface area contributed by atoms with Crippen molar-refractivity contribution >= 4 is 16.0 Å². The number of carbonyl (C=O) groups is 1. The van der Waals surface area contributed by atoms with E-state index in [9.17, 15) is 26.4 Å². The molecule has 0 amide bonds. The van der Waals surface area contributed by atoms with E-state index >= 15 is 0 Å². The molecule has 0 N–H and O–H groups in total. The molecule has 1 aliphatic heterocycles. The summed E-state index contributed by atoms with van der Waals surface area (Å²) in [6, 6.07) is 12.2. The van der Waals surface area contributed by atoms with Crippen molar-refractivity contribution in [3.63, 3.8) is 0 Å². The van der Waals surface area contributed by atoms with Crippen LogP contribution in [0.15, 0.2) is 65.8 Å². The van der Waals surface area contributed by atoms with Gasteiger partial charge in [0, 0.05) is 32.5 Å². The Bertz CT molecular complexity index is 1270. The summed E-state index contributed by atoms with van der Waals surface area (Å²) in [4.78, 5) is 16.0. The molecule has 1 aliphatic rings. The van der Waals surface area contributed by atoms with Gasteiger partial charge in [-0.3, -0.25) is 0 Å². The van der Waals surface area contributed by atoms with Gasteiger partial charge in [0.2, 0.25) is 10.0 Å². The summed E-state index contributed by atoms with van der Waals surface area (Å²) in [5.74, 6) is -1.71. The Morgan fingerprint density at radius 3 is 2.36 bits per heavy atom. The number of hydrogen-bond acceptors (Lipinski definition) is 5. The molecule has 1 atom stereocenters. The van der Waals surface area contributed by atoms with Crippen LogP contribution in [0.25, 0.3) is 0 Å². The molecule has 174 valence electrons. The third kappa shape index (κ3) is 4.64. The lowest BCUT2D eigenvalue weighted by atomic mass is 10.0. The summed E-state index contributed by atoms with van der Waals surface area (Å²) in [7, 11) is -2.49. The van der Waals surface area contributed by atoms with E-state index < -0.39 is 34.1 Å². The fraction of sp³-hybridized carbons (Fsp3) is 0.273. The zero-order valence-corrected chi connectivity index (χ0v) is 18.3. The molecule has 4 rings (SSSR count). The molecule has 2 aromatic carbocycles. The Morgan fingerprint density at radius 2 is 1.76 bits per heavy atom. The average Bonchev–Trinajstić information content (AvgIpc) is 3.21. The first-order valence-electron chi connectivity index (χ1n) is 9.99. The Balaban J connectivity index is 1.52. The maximum atomic E-state index is 13.5. The highest BCUT2D eigenvalue weighted by atomic mass is 32.2. The Labute approximate surface area is 188 Å². The highest BCUT2D eigenvalue weighted by Gasteiger charge is 2.46. The number of halogens is 3. The van der Waals surface area contributed by atoms with Crippen molar-refractivity contribution in [3.05, 3.63) is 83.4 Å². The first-order valence-corrected chi connectivity index (χ1v) is 11.4. The molecule has 3 aromatic rings. The largest absolute Gasteiger partial charge is 0.441 e. The average molecular weight is 479 g/mol. The molecule has 0 fully saturated rings. The van der Waals surface area contributed by atoms with E-state index in [0.29, 0.717) is 13.0 Å². The highest BCUT2D eigenvalue weighted by molar-refractivity contribution is 7.89. The first kappa shape index (κ1) is 23.0. The molecule has 7 nitrogen and oxygen atoms in total. The highest BCUT2D eigenvalue weighted by Crippen LogP contribution is 2.35. The van der Waals surface area contributed by atoms with E-state index in [1.54, 1.807) is 0 Å². The van der Waals surface area contributed by atoms with Gasteiger partial charge in [-0.05, 0) is 41.8 Å². The molecule has 1 unspecified atom stereocenters. The summed E-state index contributed by atoms with van der Waals surface area (Å²) >= 11 is 0. The molecule has 1 aromatic heterocycles. The number of aromatic nitrogens is 2. The van der Waals surface area contributed by atoms with E-state index in [1.807, 2.05) is 24.3 Å². The predicted molar refractivity (Wildman–Crippen MR) is 112 cm³/mol. The number of benzene rings is 2. The minimum absolute atomic E-state index is 0.0603. The number of rotatable bonds is 5. The molecule has 11 heteroatoms. The number of carbonyl (C=O) groups excluding carboxylic acids is 1. The van der Waals surface area contributed by atoms with E-state index in [1.165, 1.54) is 35.9 Å². The third-order valence-electron chi connectivity index (χ3n) is 5.44. The van der Waals surface area contributed by atoms with Crippen LogP contribution in [0.1, 0.15) is 33.4 Å². The molecular formula is C22H20F3N3O4S. The SMILES string of the molecule is Cn1ccnc1C(OC(=O)c1ccc(S(=O)(=O)N2CCc3ccccc3C2)cc1)C(F)(F)F. The first-order chi connectivity index (χ1) is 15.6. The van der Waals surface area contributed by atoms with Gasteiger partial charge in [0.25, 0.3) is 6.10 Å². The van der Waals surface area contributed by atoms with Gasteiger partial charge >= 0.3 is 12.1 Å². The van der Waals surface area contributed by atoms with Crippen molar-refractivity contribution in [2.45, 2.75) is 30.1 Å². The lowest BCUT2D eigenvalue weighted by molar-refractivity contribution is -0.210. The maximum Gasteiger partial charge on any atom is 0.432 e. The van der Waals surface area contributed by atoms with Crippen LogP contribution in [-0.4, -0.2) is 41.0 Å². The standard InChI is InChI=1S/C22H20F3N3O4S/c1-27-13-11-26-20(27)19(22(23,24)25)32-21(29)16-6-8-18(9-7-16)33(30,31)28-12-10-15-4-2-3-5-17(15)14-28/h2-9,11,13,19H,10,12,14H2,1H3. The Hall–Kier alpha value is -3.18.